The summed E-state index contributed by atoms with van der Waals surface area (Å²) in [4.78, 5) is 17.6. The van der Waals surface area contributed by atoms with Gasteiger partial charge in [0.2, 0.25) is 0 Å². The molecule has 0 saturated carbocycles. The Kier molecular flexibility index (Phi) is 5.26. The number of amides is 1. The maximum Gasteiger partial charge on any atom is 0.263 e. The zero-order valence-electron chi connectivity index (χ0n) is 18.8. The molecule has 1 spiro atoms. The van der Waals surface area contributed by atoms with Crippen molar-refractivity contribution in [1.82, 2.24) is 10.1 Å². The predicted octanol–water partition coefficient (Wildman–Crippen LogP) is 4.50. The molecule has 0 atom stereocenters. The summed E-state index contributed by atoms with van der Waals surface area (Å²) in [5.41, 5.74) is 4.30. The van der Waals surface area contributed by atoms with Crippen molar-refractivity contribution in [3.63, 3.8) is 0 Å². The quantitative estimate of drug-likeness (QED) is 0.595. The number of hydrogen-bond acceptors (Lipinski definition) is 5. The second kappa shape index (κ2) is 8.13. The molecule has 1 aromatic heterocycles. The van der Waals surface area contributed by atoms with Crippen molar-refractivity contribution in [2.45, 2.75) is 38.6 Å². The Morgan fingerprint density at radius 2 is 1.91 bits per heavy atom. The van der Waals surface area contributed by atoms with Crippen LogP contribution in [0.4, 0.5) is 10.1 Å². The van der Waals surface area contributed by atoms with E-state index >= 15 is 0 Å². The van der Waals surface area contributed by atoms with E-state index in [1.807, 2.05) is 24.3 Å². The number of carbonyl (C=O) groups is 1. The van der Waals surface area contributed by atoms with Crippen molar-refractivity contribution < 1.29 is 13.7 Å². The molecule has 0 bridgehead atoms. The number of rotatable bonds is 3. The summed E-state index contributed by atoms with van der Waals surface area (Å²) in [6, 6.07) is 14.6. The van der Waals surface area contributed by atoms with Gasteiger partial charge in [0, 0.05) is 24.2 Å². The van der Waals surface area contributed by atoms with E-state index in [9.17, 15) is 9.18 Å². The number of likely N-dealkylation sites (tertiary alicyclic amines) is 1. The maximum absolute atomic E-state index is 14.3. The lowest BCUT2D eigenvalue weighted by atomic mass is 9.74. The third-order valence-corrected chi connectivity index (χ3v) is 7.08. The molecule has 2 aliphatic rings. The van der Waals surface area contributed by atoms with Crippen molar-refractivity contribution in [1.29, 1.82) is 5.26 Å². The standard InChI is InChI=1S/C26H25FN4O2/c1-17-24(18(2)33-29-17)25(32)31-16-26(22-13-21(27)7-8-23(22)31)9-11-30(12-10-26)15-20-5-3-19(14-28)4-6-20/h3-8,13H,9-12,15-16H2,1-2H3. The Bertz CT molecular complexity index is 1230. The highest BCUT2D eigenvalue weighted by Gasteiger charge is 2.47. The monoisotopic (exact) mass is 444 g/mol. The first-order valence-electron chi connectivity index (χ1n) is 11.2. The van der Waals surface area contributed by atoms with E-state index in [1.54, 1.807) is 30.9 Å². The van der Waals surface area contributed by atoms with Crippen LogP contribution in [0.15, 0.2) is 47.0 Å². The Balaban J connectivity index is 1.38. The first-order valence-corrected chi connectivity index (χ1v) is 11.2. The first kappa shape index (κ1) is 21.4. The number of nitriles is 1. The third kappa shape index (κ3) is 3.70. The number of aromatic nitrogens is 1. The Morgan fingerprint density at radius 1 is 1.18 bits per heavy atom. The summed E-state index contributed by atoms with van der Waals surface area (Å²) < 4.78 is 19.5. The van der Waals surface area contributed by atoms with Gasteiger partial charge in [0.25, 0.3) is 5.91 Å². The number of carbonyl (C=O) groups excluding carboxylic acids is 1. The van der Waals surface area contributed by atoms with Gasteiger partial charge in [-0.1, -0.05) is 17.3 Å². The molecule has 0 aliphatic carbocycles. The number of aryl methyl sites for hydroxylation is 2. The fourth-order valence-corrected chi connectivity index (χ4v) is 5.26. The smallest absolute Gasteiger partial charge is 0.263 e. The van der Waals surface area contributed by atoms with Crippen molar-refractivity contribution in [3.05, 3.63) is 82.0 Å². The van der Waals surface area contributed by atoms with E-state index in [-0.39, 0.29) is 17.1 Å². The normalized spacial score (nSPS) is 17.2. The van der Waals surface area contributed by atoms with Gasteiger partial charge < -0.3 is 9.42 Å². The summed E-state index contributed by atoms with van der Waals surface area (Å²) in [5.74, 6) is 0.0788. The lowest BCUT2D eigenvalue weighted by Crippen LogP contribution is -2.45. The van der Waals surface area contributed by atoms with Crippen LogP contribution >= 0.6 is 0 Å². The van der Waals surface area contributed by atoms with Crippen molar-refractivity contribution in [2.75, 3.05) is 24.5 Å². The maximum atomic E-state index is 14.3. The topological polar surface area (TPSA) is 73.4 Å². The van der Waals surface area contributed by atoms with Crippen molar-refractivity contribution in [3.8, 4) is 6.07 Å². The van der Waals surface area contributed by atoms with Gasteiger partial charge >= 0.3 is 0 Å². The van der Waals surface area contributed by atoms with E-state index in [4.69, 9.17) is 9.78 Å². The minimum Gasteiger partial charge on any atom is -0.361 e. The van der Waals surface area contributed by atoms with Gasteiger partial charge in [0.15, 0.2) is 0 Å². The van der Waals surface area contributed by atoms with Crippen LogP contribution in [0.5, 0.6) is 0 Å². The highest BCUT2D eigenvalue weighted by atomic mass is 19.1. The van der Waals surface area contributed by atoms with E-state index < -0.39 is 0 Å². The van der Waals surface area contributed by atoms with E-state index in [0.29, 0.717) is 29.1 Å². The van der Waals surface area contributed by atoms with Crippen LogP contribution in [-0.2, 0) is 12.0 Å². The SMILES string of the molecule is Cc1noc(C)c1C(=O)N1CC2(CCN(Cc3ccc(C#N)cc3)CC2)c2cc(F)ccc21. The van der Waals surface area contributed by atoms with Crippen LogP contribution in [0, 0.1) is 31.0 Å². The Hall–Kier alpha value is -3.50. The molecule has 33 heavy (non-hydrogen) atoms. The number of anilines is 1. The lowest BCUT2D eigenvalue weighted by Gasteiger charge is -2.40. The molecule has 168 valence electrons. The first-order chi connectivity index (χ1) is 15.9. The lowest BCUT2D eigenvalue weighted by molar-refractivity contribution is 0.0973. The Labute approximate surface area is 192 Å². The molecule has 0 N–H and O–H groups in total. The van der Waals surface area contributed by atoms with Crippen LogP contribution in [-0.4, -0.2) is 35.6 Å². The number of benzene rings is 2. The summed E-state index contributed by atoms with van der Waals surface area (Å²) in [6.07, 6.45) is 1.68. The second-order valence-corrected chi connectivity index (χ2v) is 9.12. The molecule has 0 unspecified atom stereocenters. The molecule has 1 saturated heterocycles. The number of hydrogen-bond donors (Lipinski definition) is 0. The summed E-state index contributed by atoms with van der Waals surface area (Å²) >= 11 is 0. The number of fused-ring (bicyclic) bond motifs is 2. The minimum atomic E-state index is -0.278. The number of nitrogens with zero attached hydrogens (tertiary/aromatic N) is 4. The highest BCUT2D eigenvalue weighted by Crippen LogP contribution is 2.48. The molecule has 3 heterocycles. The van der Waals surface area contributed by atoms with Gasteiger partial charge in [-0.25, -0.2) is 4.39 Å². The van der Waals surface area contributed by atoms with Crippen molar-refractivity contribution >= 4 is 11.6 Å². The molecule has 1 fully saturated rings. The second-order valence-electron chi connectivity index (χ2n) is 9.12. The Morgan fingerprint density at radius 3 is 2.55 bits per heavy atom. The van der Waals surface area contributed by atoms with Gasteiger partial charge in [-0.05, 0) is 81.2 Å². The predicted molar refractivity (Wildman–Crippen MR) is 121 cm³/mol. The fourth-order valence-electron chi connectivity index (χ4n) is 5.26. The largest absolute Gasteiger partial charge is 0.361 e. The zero-order valence-corrected chi connectivity index (χ0v) is 18.8. The molecular formula is C26H25FN4O2. The van der Waals surface area contributed by atoms with Gasteiger partial charge in [-0.3, -0.25) is 9.69 Å². The average molecular weight is 445 g/mol. The van der Waals surface area contributed by atoms with Crippen LogP contribution < -0.4 is 4.90 Å². The van der Waals surface area contributed by atoms with Gasteiger partial charge in [-0.2, -0.15) is 5.26 Å². The molecule has 2 aliphatic heterocycles. The van der Waals surface area contributed by atoms with Crippen LogP contribution in [0.2, 0.25) is 0 Å². The molecule has 5 rings (SSSR count). The molecular weight excluding hydrogens is 419 g/mol. The highest BCUT2D eigenvalue weighted by molar-refractivity contribution is 6.09. The summed E-state index contributed by atoms with van der Waals surface area (Å²) in [7, 11) is 0. The molecule has 6 nitrogen and oxygen atoms in total. The van der Waals surface area contributed by atoms with E-state index in [0.717, 1.165) is 49.3 Å². The molecule has 3 aromatic rings. The van der Waals surface area contributed by atoms with E-state index in [1.165, 1.54) is 6.07 Å². The van der Waals surface area contributed by atoms with Crippen molar-refractivity contribution in [2.24, 2.45) is 0 Å². The van der Waals surface area contributed by atoms with Gasteiger partial charge in [0.05, 0.1) is 17.3 Å². The molecule has 1 amide bonds. The fraction of sp³-hybridized carbons (Fsp3) is 0.346. The average Bonchev–Trinajstić information content (AvgIpc) is 3.32. The number of piperidine rings is 1. The van der Waals surface area contributed by atoms with Crippen LogP contribution in [0.3, 0.4) is 0 Å². The van der Waals surface area contributed by atoms with Crippen LogP contribution in [0.25, 0.3) is 0 Å². The summed E-state index contributed by atoms with van der Waals surface area (Å²) in [5, 5.41) is 12.9. The third-order valence-electron chi connectivity index (χ3n) is 7.08. The van der Waals surface area contributed by atoms with Gasteiger partial charge in [0.1, 0.15) is 17.1 Å². The molecule has 0 radical (unpaired) electrons. The summed E-state index contributed by atoms with van der Waals surface area (Å²) in [6.45, 7) is 6.54. The van der Waals surface area contributed by atoms with Crippen LogP contribution in [0.1, 0.15) is 51.3 Å². The van der Waals surface area contributed by atoms with Gasteiger partial charge in [-0.15, -0.1) is 0 Å². The molecule has 2 aromatic carbocycles. The zero-order chi connectivity index (χ0) is 23.2. The number of halogens is 1. The van der Waals surface area contributed by atoms with E-state index in [2.05, 4.69) is 16.1 Å². The minimum absolute atomic E-state index is 0.143. The molecule has 7 heteroatoms.